The minimum absolute atomic E-state index is 0.327. The number of aromatic nitrogens is 2. The second-order valence-electron chi connectivity index (χ2n) is 4.20. The van der Waals surface area contributed by atoms with Crippen molar-refractivity contribution in [3.63, 3.8) is 0 Å². The van der Waals surface area contributed by atoms with Crippen LogP contribution in [0.25, 0.3) is 0 Å². The van der Waals surface area contributed by atoms with Gasteiger partial charge in [0.2, 0.25) is 0 Å². The van der Waals surface area contributed by atoms with E-state index >= 15 is 0 Å². The van der Waals surface area contributed by atoms with Crippen LogP contribution in [0.1, 0.15) is 43.4 Å². The van der Waals surface area contributed by atoms with E-state index in [2.05, 4.69) is 23.8 Å². The van der Waals surface area contributed by atoms with Crippen LogP contribution < -0.4 is 5.73 Å². The molecule has 0 aliphatic heterocycles. The molecule has 1 aliphatic rings. The number of rotatable bonds is 1. The fourth-order valence-corrected chi connectivity index (χ4v) is 1.80. The van der Waals surface area contributed by atoms with E-state index in [1.165, 1.54) is 11.4 Å². The van der Waals surface area contributed by atoms with Crippen LogP contribution in [-0.2, 0) is 12.8 Å². The number of H-pyrrole nitrogens is 1. The zero-order valence-corrected chi connectivity index (χ0v) is 8.30. The van der Waals surface area contributed by atoms with Crippen LogP contribution in [0.3, 0.4) is 0 Å². The van der Waals surface area contributed by atoms with E-state index in [0.29, 0.717) is 12.0 Å². The van der Waals surface area contributed by atoms with Gasteiger partial charge in [-0.2, -0.15) is 0 Å². The minimum atomic E-state index is 0.327. The van der Waals surface area contributed by atoms with Crippen LogP contribution >= 0.6 is 0 Å². The van der Waals surface area contributed by atoms with Crippen molar-refractivity contribution in [2.45, 2.75) is 45.1 Å². The highest BCUT2D eigenvalue weighted by Crippen LogP contribution is 2.21. The van der Waals surface area contributed by atoms with Gasteiger partial charge in [0, 0.05) is 24.1 Å². The molecule has 72 valence electrons. The highest BCUT2D eigenvalue weighted by molar-refractivity contribution is 5.20. The Morgan fingerprint density at radius 3 is 3.00 bits per heavy atom. The number of hydrogen-bond acceptors (Lipinski definition) is 2. The summed E-state index contributed by atoms with van der Waals surface area (Å²) in [7, 11) is 0. The van der Waals surface area contributed by atoms with Crippen molar-refractivity contribution in [1.29, 1.82) is 0 Å². The zero-order chi connectivity index (χ0) is 9.42. The summed E-state index contributed by atoms with van der Waals surface area (Å²) < 4.78 is 0. The lowest BCUT2D eigenvalue weighted by atomic mass is 9.97. The molecule has 0 fully saturated rings. The van der Waals surface area contributed by atoms with Gasteiger partial charge < -0.3 is 10.7 Å². The first-order valence-corrected chi connectivity index (χ1v) is 5.00. The van der Waals surface area contributed by atoms with Crippen LogP contribution in [0, 0.1) is 0 Å². The Morgan fingerprint density at radius 1 is 1.54 bits per heavy atom. The first-order valence-electron chi connectivity index (χ1n) is 5.00. The van der Waals surface area contributed by atoms with E-state index in [1.807, 2.05) is 0 Å². The monoisotopic (exact) mass is 179 g/mol. The van der Waals surface area contributed by atoms with E-state index in [-0.39, 0.29) is 0 Å². The summed E-state index contributed by atoms with van der Waals surface area (Å²) in [4.78, 5) is 7.95. The first-order chi connectivity index (χ1) is 6.16. The Labute approximate surface area is 78.7 Å². The molecule has 0 saturated heterocycles. The van der Waals surface area contributed by atoms with Crippen molar-refractivity contribution in [2.75, 3.05) is 0 Å². The lowest BCUT2D eigenvalue weighted by Gasteiger charge is -2.16. The van der Waals surface area contributed by atoms with Gasteiger partial charge in [0.05, 0.1) is 5.69 Å². The number of nitrogens with two attached hydrogens (primary N) is 1. The van der Waals surface area contributed by atoms with Crippen molar-refractivity contribution in [2.24, 2.45) is 5.73 Å². The highest BCUT2D eigenvalue weighted by Gasteiger charge is 2.19. The number of nitrogens with zero attached hydrogens (tertiary/aromatic N) is 1. The standard InChI is InChI=1S/C10H17N3/c1-6(2)10-12-8-4-3-7(11)5-9(8)13-10/h6-7H,3-5,11H2,1-2H3,(H,12,13). The molecule has 0 saturated carbocycles. The second kappa shape index (κ2) is 3.14. The molecule has 1 aromatic heterocycles. The molecule has 1 heterocycles. The molecule has 0 bridgehead atoms. The van der Waals surface area contributed by atoms with Gasteiger partial charge in [0.1, 0.15) is 5.82 Å². The molecule has 2 rings (SSSR count). The molecule has 1 aromatic rings. The number of imidazole rings is 1. The summed E-state index contributed by atoms with van der Waals surface area (Å²) >= 11 is 0. The molecule has 0 spiro atoms. The van der Waals surface area contributed by atoms with E-state index in [9.17, 15) is 0 Å². The van der Waals surface area contributed by atoms with Crippen LogP contribution in [0.4, 0.5) is 0 Å². The predicted molar refractivity (Wildman–Crippen MR) is 52.7 cm³/mol. The summed E-state index contributed by atoms with van der Waals surface area (Å²) in [5.41, 5.74) is 8.39. The van der Waals surface area contributed by atoms with Gasteiger partial charge in [-0.25, -0.2) is 4.98 Å². The third kappa shape index (κ3) is 1.61. The molecular formula is C10H17N3. The Hall–Kier alpha value is -0.830. The summed E-state index contributed by atoms with van der Waals surface area (Å²) in [6.45, 7) is 4.31. The summed E-state index contributed by atoms with van der Waals surface area (Å²) in [5.74, 6) is 1.60. The predicted octanol–water partition coefficient (Wildman–Crippen LogP) is 1.35. The van der Waals surface area contributed by atoms with Gasteiger partial charge in [0.25, 0.3) is 0 Å². The zero-order valence-electron chi connectivity index (χ0n) is 8.30. The van der Waals surface area contributed by atoms with Crippen LogP contribution in [0.5, 0.6) is 0 Å². The van der Waals surface area contributed by atoms with Crippen molar-refractivity contribution >= 4 is 0 Å². The van der Waals surface area contributed by atoms with Crippen LogP contribution in [-0.4, -0.2) is 16.0 Å². The average Bonchev–Trinajstić information content (AvgIpc) is 2.46. The van der Waals surface area contributed by atoms with E-state index in [4.69, 9.17) is 5.73 Å². The second-order valence-corrected chi connectivity index (χ2v) is 4.20. The molecule has 1 atom stereocenters. The van der Waals surface area contributed by atoms with E-state index in [0.717, 1.165) is 25.1 Å². The Balaban J connectivity index is 2.28. The number of aromatic amines is 1. The minimum Gasteiger partial charge on any atom is -0.345 e. The van der Waals surface area contributed by atoms with E-state index in [1.54, 1.807) is 0 Å². The van der Waals surface area contributed by atoms with Gasteiger partial charge in [-0.3, -0.25) is 0 Å². The Bertz CT molecular complexity index is 301. The van der Waals surface area contributed by atoms with Crippen LogP contribution in [0.2, 0.25) is 0 Å². The molecule has 0 radical (unpaired) electrons. The summed E-state index contributed by atoms with van der Waals surface area (Å²) in [5, 5.41) is 0. The van der Waals surface area contributed by atoms with Crippen molar-refractivity contribution in [1.82, 2.24) is 9.97 Å². The molecule has 3 N–H and O–H groups in total. The smallest absolute Gasteiger partial charge is 0.109 e. The first kappa shape index (κ1) is 8.75. The molecular weight excluding hydrogens is 162 g/mol. The molecule has 1 aliphatic carbocycles. The third-order valence-corrected chi connectivity index (χ3v) is 2.65. The molecule has 13 heavy (non-hydrogen) atoms. The lowest BCUT2D eigenvalue weighted by Crippen LogP contribution is -2.27. The summed E-state index contributed by atoms with van der Waals surface area (Å²) in [6.07, 6.45) is 3.09. The maximum atomic E-state index is 5.89. The van der Waals surface area contributed by atoms with Gasteiger partial charge >= 0.3 is 0 Å². The van der Waals surface area contributed by atoms with Crippen molar-refractivity contribution in [3.8, 4) is 0 Å². The highest BCUT2D eigenvalue weighted by atomic mass is 15.0. The number of hydrogen-bond donors (Lipinski definition) is 2. The van der Waals surface area contributed by atoms with E-state index < -0.39 is 0 Å². The molecule has 1 unspecified atom stereocenters. The van der Waals surface area contributed by atoms with Crippen molar-refractivity contribution < 1.29 is 0 Å². The molecule has 3 heteroatoms. The maximum Gasteiger partial charge on any atom is 0.109 e. The third-order valence-electron chi connectivity index (χ3n) is 2.65. The van der Waals surface area contributed by atoms with Crippen molar-refractivity contribution in [3.05, 3.63) is 17.2 Å². The number of fused-ring (bicyclic) bond motifs is 1. The van der Waals surface area contributed by atoms with Gasteiger partial charge in [0.15, 0.2) is 0 Å². The largest absolute Gasteiger partial charge is 0.345 e. The SMILES string of the molecule is CC(C)c1nc2c([nH]1)CC(N)CC2. The summed E-state index contributed by atoms with van der Waals surface area (Å²) in [6, 6.07) is 0.327. The lowest BCUT2D eigenvalue weighted by molar-refractivity contribution is 0.565. The fourth-order valence-electron chi connectivity index (χ4n) is 1.80. The normalized spacial score (nSPS) is 22.0. The molecule has 0 amide bonds. The molecule has 3 nitrogen and oxygen atoms in total. The van der Waals surface area contributed by atoms with Crippen LogP contribution in [0.15, 0.2) is 0 Å². The topological polar surface area (TPSA) is 54.7 Å². The quantitative estimate of drug-likeness (QED) is 0.683. The van der Waals surface area contributed by atoms with Gasteiger partial charge in [-0.15, -0.1) is 0 Å². The fraction of sp³-hybridized carbons (Fsp3) is 0.700. The average molecular weight is 179 g/mol. The Morgan fingerprint density at radius 2 is 2.31 bits per heavy atom. The van der Waals surface area contributed by atoms with Gasteiger partial charge in [-0.05, 0) is 12.8 Å². The Kier molecular flexibility index (Phi) is 2.12. The maximum absolute atomic E-state index is 5.89. The molecule has 0 aromatic carbocycles. The number of nitrogens with one attached hydrogen (secondary N) is 1. The van der Waals surface area contributed by atoms with Gasteiger partial charge in [-0.1, -0.05) is 13.8 Å². The number of aryl methyl sites for hydroxylation is 1.